The molecule has 0 aliphatic carbocycles. The zero-order chi connectivity index (χ0) is 12.7. The average molecular weight is 237 g/mol. The molecule has 1 aromatic rings. The Morgan fingerprint density at radius 1 is 1.35 bits per heavy atom. The van der Waals surface area contributed by atoms with Crippen LogP contribution in [0.15, 0.2) is 6.33 Å². The summed E-state index contributed by atoms with van der Waals surface area (Å²) in [5.74, 6) is 1.56. The van der Waals surface area contributed by atoms with Gasteiger partial charge in [0, 0.05) is 6.04 Å². The molecule has 0 aliphatic rings. The topological polar surface area (TPSA) is 47.0 Å². The second-order valence-electron chi connectivity index (χ2n) is 4.27. The van der Waals surface area contributed by atoms with E-state index in [0.29, 0.717) is 18.5 Å². The maximum absolute atomic E-state index is 5.45. The highest BCUT2D eigenvalue weighted by molar-refractivity contribution is 5.48. The van der Waals surface area contributed by atoms with E-state index in [1.165, 1.54) is 12.8 Å². The zero-order valence-corrected chi connectivity index (χ0v) is 11.3. The summed E-state index contributed by atoms with van der Waals surface area (Å²) in [5.41, 5.74) is 0.984. The predicted molar refractivity (Wildman–Crippen MR) is 70.5 cm³/mol. The van der Waals surface area contributed by atoms with E-state index in [2.05, 4.69) is 29.1 Å². The predicted octanol–water partition coefficient (Wildman–Crippen LogP) is 3.17. The summed E-state index contributed by atoms with van der Waals surface area (Å²) < 4.78 is 5.45. The molecule has 0 radical (unpaired) electrons. The highest BCUT2D eigenvalue weighted by atomic mass is 16.5. The standard InChI is InChI=1S/C13H23N3O/c1-5-7-8-10(3)16-12-11(4)13(17-6-2)15-9-14-12/h9-10H,5-8H2,1-4H3,(H,14,15,16). The third kappa shape index (κ3) is 4.21. The molecule has 1 rings (SSSR count). The van der Waals surface area contributed by atoms with Crippen LogP contribution < -0.4 is 10.1 Å². The molecular weight excluding hydrogens is 214 g/mol. The number of hydrogen-bond acceptors (Lipinski definition) is 4. The van der Waals surface area contributed by atoms with Crippen molar-refractivity contribution in [2.75, 3.05) is 11.9 Å². The lowest BCUT2D eigenvalue weighted by Gasteiger charge is -2.16. The highest BCUT2D eigenvalue weighted by Crippen LogP contribution is 2.21. The number of unbranched alkanes of at least 4 members (excludes halogenated alkanes) is 1. The Hall–Kier alpha value is -1.32. The molecule has 0 amide bonds. The third-order valence-electron chi connectivity index (χ3n) is 2.69. The summed E-state index contributed by atoms with van der Waals surface area (Å²) in [7, 11) is 0. The largest absolute Gasteiger partial charge is 0.478 e. The van der Waals surface area contributed by atoms with Crippen molar-refractivity contribution in [2.45, 2.75) is 53.0 Å². The van der Waals surface area contributed by atoms with Gasteiger partial charge in [-0.3, -0.25) is 0 Å². The van der Waals surface area contributed by atoms with Gasteiger partial charge in [0.1, 0.15) is 12.1 Å². The molecule has 4 nitrogen and oxygen atoms in total. The van der Waals surface area contributed by atoms with Gasteiger partial charge in [-0.25, -0.2) is 9.97 Å². The monoisotopic (exact) mass is 237 g/mol. The first-order valence-electron chi connectivity index (χ1n) is 6.39. The molecule has 1 atom stereocenters. The molecule has 0 aliphatic heterocycles. The minimum absolute atomic E-state index is 0.429. The maximum Gasteiger partial charge on any atom is 0.221 e. The van der Waals surface area contributed by atoms with Gasteiger partial charge in [0.25, 0.3) is 0 Å². The van der Waals surface area contributed by atoms with Gasteiger partial charge in [-0.1, -0.05) is 19.8 Å². The Morgan fingerprint density at radius 2 is 2.12 bits per heavy atom. The lowest BCUT2D eigenvalue weighted by Crippen LogP contribution is -2.17. The van der Waals surface area contributed by atoms with Gasteiger partial charge in [0.2, 0.25) is 5.88 Å². The number of ether oxygens (including phenoxy) is 1. The van der Waals surface area contributed by atoms with E-state index in [9.17, 15) is 0 Å². The molecule has 17 heavy (non-hydrogen) atoms. The van der Waals surface area contributed by atoms with Crippen LogP contribution in [0.25, 0.3) is 0 Å². The summed E-state index contributed by atoms with van der Waals surface area (Å²) in [6, 6.07) is 0.429. The average Bonchev–Trinajstić information content (AvgIpc) is 2.32. The second-order valence-corrected chi connectivity index (χ2v) is 4.27. The van der Waals surface area contributed by atoms with Crippen LogP contribution in [0.2, 0.25) is 0 Å². The first-order valence-corrected chi connectivity index (χ1v) is 6.39. The molecule has 0 fully saturated rings. The molecular formula is C13H23N3O. The van der Waals surface area contributed by atoms with Crippen LogP contribution in [0.4, 0.5) is 5.82 Å². The molecule has 0 saturated heterocycles. The number of nitrogens with zero attached hydrogens (tertiary/aromatic N) is 2. The Kier molecular flexibility index (Phi) is 5.73. The summed E-state index contributed by atoms with van der Waals surface area (Å²) in [5, 5.41) is 3.41. The fourth-order valence-corrected chi connectivity index (χ4v) is 1.68. The molecule has 1 unspecified atom stereocenters. The summed E-state index contributed by atoms with van der Waals surface area (Å²) >= 11 is 0. The van der Waals surface area contributed by atoms with Gasteiger partial charge in [-0.15, -0.1) is 0 Å². The van der Waals surface area contributed by atoms with E-state index in [1.54, 1.807) is 6.33 Å². The van der Waals surface area contributed by atoms with Crippen molar-refractivity contribution in [3.63, 3.8) is 0 Å². The number of aromatic nitrogens is 2. The summed E-state index contributed by atoms with van der Waals surface area (Å²) in [6.45, 7) is 8.95. The van der Waals surface area contributed by atoms with Gasteiger partial charge >= 0.3 is 0 Å². The number of hydrogen-bond donors (Lipinski definition) is 1. The van der Waals surface area contributed by atoms with Gasteiger partial charge in [0.15, 0.2) is 0 Å². The maximum atomic E-state index is 5.45. The quantitative estimate of drug-likeness (QED) is 0.791. The number of nitrogens with one attached hydrogen (secondary N) is 1. The Balaban J connectivity index is 2.67. The van der Waals surface area contributed by atoms with Crippen molar-refractivity contribution in [3.8, 4) is 5.88 Å². The Labute approximate surface area is 104 Å². The first-order chi connectivity index (χ1) is 8.19. The van der Waals surface area contributed by atoms with Gasteiger partial charge in [0.05, 0.1) is 12.2 Å². The highest BCUT2D eigenvalue weighted by Gasteiger charge is 2.09. The summed E-state index contributed by atoms with van der Waals surface area (Å²) in [4.78, 5) is 8.39. The van der Waals surface area contributed by atoms with E-state index in [-0.39, 0.29) is 0 Å². The van der Waals surface area contributed by atoms with Gasteiger partial charge in [-0.2, -0.15) is 0 Å². The molecule has 1 aromatic heterocycles. The minimum atomic E-state index is 0.429. The van der Waals surface area contributed by atoms with Crippen molar-refractivity contribution in [1.82, 2.24) is 9.97 Å². The zero-order valence-electron chi connectivity index (χ0n) is 11.3. The number of rotatable bonds is 7. The van der Waals surface area contributed by atoms with Crippen LogP contribution in [0.5, 0.6) is 5.88 Å². The second kappa shape index (κ2) is 7.09. The minimum Gasteiger partial charge on any atom is -0.478 e. The SMILES string of the molecule is CCCCC(C)Nc1ncnc(OCC)c1C. The molecule has 0 bridgehead atoms. The van der Waals surface area contributed by atoms with Gasteiger partial charge in [-0.05, 0) is 27.2 Å². The molecule has 96 valence electrons. The van der Waals surface area contributed by atoms with Crippen molar-refractivity contribution >= 4 is 5.82 Å². The fraction of sp³-hybridized carbons (Fsp3) is 0.692. The molecule has 0 saturated carbocycles. The molecule has 4 heteroatoms. The van der Waals surface area contributed by atoms with E-state index < -0.39 is 0 Å². The number of anilines is 1. The lowest BCUT2D eigenvalue weighted by molar-refractivity contribution is 0.324. The van der Waals surface area contributed by atoms with Crippen LogP contribution in [0.3, 0.4) is 0 Å². The van der Waals surface area contributed by atoms with Crippen molar-refractivity contribution in [3.05, 3.63) is 11.9 Å². The third-order valence-corrected chi connectivity index (χ3v) is 2.69. The summed E-state index contributed by atoms with van der Waals surface area (Å²) in [6.07, 6.45) is 5.16. The lowest BCUT2D eigenvalue weighted by atomic mass is 10.1. The van der Waals surface area contributed by atoms with Crippen LogP contribution in [-0.2, 0) is 0 Å². The molecule has 1 heterocycles. The van der Waals surface area contributed by atoms with E-state index in [1.807, 2.05) is 13.8 Å². The van der Waals surface area contributed by atoms with E-state index >= 15 is 0 Å². The van der Waals surface area contributed by atoms with E-state index in [0.717, 1.165) is 17.8 Å². The molecule has 1 N–H and O–H groups in total. The van der Waals surface area contributed by atoms with Crippen molar-refractivity contribution < 1.29 is 4.74 Å². The van der Waals surface area contributed by atoms with Crippen LogP contribution in [0.1, 0.15) is 45.6 Å². The van der Waals surface area contributed by atoms with Crippen molar-refractivity contribution in [2.24, 2.45) is 0 Å². The smallest absolute Gasteiger partial charge is 0.221 e. The normalized spacial score (nSPS) is 12.2. The van der Waals surface area contributed by atoms with Crippen LogP contribution in [-0.4, -0.2) is 22.6 Å². The van der Waals surface area contributed by atoms with Gasteiger partial charge < -0.3 is 10.1 Å². The fourth-order valence-electron chi connectivity index (χ4n) is 1.68. The van der Waals surface area contributed by atoms with Crippen molar-refractivity contribution in [1.29, 1.82) is 0 Å². The van der Waals surface area contributed by atoms with Crippen LogP contribution in [0, 0.1) is 6.92 Å². The first kappa shape index (κ1) is 13.7. The van der Waals surface area contributed by atoms with E-state index in [4.69, 9.17) is 4.74 Å². The Morgan fingerprint density at radius 3 is 2.76 bits per heavy atom. The molecule has 0 aromatic carbocycles. The Bertz CT molecular complexity index is 341. The molecule has 0 spiro atoms. The van der Waals surface area contributed by atoms with Crippen LogP contribution >= 0.6 is 0 Å².